The monoisotopic (exact) mass is 314 g/mol. The summed E-state index contributed by atoms with van der Waals surface area (Å²) < 4.78 is 0.733. The normalized spacial score (nSPS) is 9.14. The first-order valence-corrected chi connectivity index (χ1v) is 4.96. The second kappa shape index (κ2) is 3.87. The van der Waals surface area contributed by atoms with Crippen molar-refractivity contribution in [2.24, 2.45) is 0 Å². The van der Waals surface area contributed by atoms with Crippen LogP contribution in [0.4, 0.5) is 17.1 Å². The van der Waals surface area contributed by atoms with Crippen molar-refractivity contribution >= 4 is 48.9 Å². The number of benzene rings is 1. The van der Waals surface area contributed by atoms with Gasteiger partial charge in [0.25, 0.3) is 0 Å². The van der Waals surface area contributed by atoms with Crippen LogP contribution in [0, 0.1) is 17.9 Å². The van der Waals surface area contributed by atoms with Crippen LogP contribution in [0.5, 0.6) is 0 Å². The highest BCUT2D eigenvalue weighted by Gasteiger charge is 2.18. The third kappa shape index (κ3) is 1.43. The molecule has 1 aromatic rings. The van der Waals surface area contributed by atoms with Gasteiger partial charge in [0.15, 0.2) is 0 Å². The lowest BCUT2D eigenvalue weighted by atomic mass is 10.1. The summed E-state index contributed by atoms with van der Waals surface area (Å²) in [5.41, 5.74) is 12.2. The molecule has 0 atom stereocenters. The average Bonchev–Trinajstić information content (AvgIpc) is 2.20. The zero-order valence-corrected chi connectivity index (χ0v) is 9.98. The molecule has 0 aliphatic rings. The summed E-state index contributed by atoms with van der Waals surface area (Å²) in [5, 5.41) is 8.83. The summed E-state index contributed by atoms with van der Waals surface area (Å²) in [4.78, 5) is 3.22. The van der Waals surface area contributed by atoms with Crippen molar-refractivity contribution < 1.29 is 0 Å². The zero-order valence-electron chi connectivity index (χ0n) is 6.81. The molecule has 1 rings (SSSR count). The van der Waals surface area contributed by atoms with Crippen molar-refractivity contribution in [3.8, 4) is 6.07 Å². The van der Waals surface area contributed by atoms with E-state index < -0.39 is 0 Å². The van der Waals surface area contributed by atoms with Crippen LogP contribution < -0.4 is 11.5 Å². The Labute approximate surface area is 97.6 Å². The molecule has 14 heavy (non-hydrogen) atoms. The molecule has 0 spiro atoms. The molecule has 0 aliphatic heterocycles. The van der Waals surface area contributed by atoms with Crippen LogP contribution >= 0.6 is 31.9 Å². The Morgan fingerprint density at radius 3 is 2.14 bits per heavy atom. The second-order valence-corrected chi connectivity index (χ2v) is 3.99. The van der Waals surface area contributed by atoms with E-state index in [9.17, 15) is 0 Å². The number of hydrogen-bond donors (Lipinski definition) is 2. The molecule has 0 fully saturated rings. The number of anilines is 2. The van der Waals surface area contributed by atoms with Gasteiger partial charge in [-0.05, 0) is 15.9 Å². The standard InChI is InChI=1S/C8H4Br2N4/c1-14-8-3(2-11)4(9)6(12)7(13)5(8)10/h12-13H2. The van der Waals surface area contributed by atoms with Gasteiger partial charge in [-0.1, -0.05) is 15.9 Å². The number of nitrogens with two attached hydrogens (primary N) is 2. The highest BCUT2D eigenvalue weighted by atomic mass is 79.9. The van der Waals surface area contributed by atoms with E-state index in [4.69, 9.17) is 23.3 Å². The van der Waals surface area contributed by atoms with Crippen LogP contribution in [-0.2, 0) is 0 Å². The maximum Gasteiger partial charge on any atom is 0.221 e. The summed E-state index contributed by atoms with van der Waals surface area (Å²) >= 11 is 6.25. The van der Waals surface area contributed by atoms with Crippen molar-refractivity contribution in [1.29, 1.82) is 5.26 Å². The van der Waals surface area contributed by atoms with Crippen LogP contribution in [0.1, 0.15) is 5.56 Å². The lowest BCUT2D eigenvalue weighted by Gasteiger charge is -2.09. The van der Waals surface area contributed by atoms with E-state index in [1.165, 1.54) is 0 Å². The Morgan fingerprint density at radius 2 is 1.71 bits per heavy atom. The van der Waals surface area contributed by atoms with Crippen molar-refractivity contribution in [1.82, 2.24) is 0 Å². The number of rotatable bonds is 0. The van der Waals surface area contributed by atoms with Crippen LogP contribution in [-0.4, -0.2) is 0 Å². The molecular formula is C8H4Br2N4. The third-order valence-electron chi connectivity index (χ3n) is 1.65. The Morgan fingerprint density at radius 1 is 1.21 bits per heavy atom. The van der Waals surface area contributed by atoms with E-state index in [-0.39, 0.29) is 22.6 Å². The SMILES string of the molecule is [C-]#[N+]c1c(Br)c(N)c(N)c(Br)c1C#N. The maximum absolute atomic E-state index is 8.83. The van der Waals surface area contributed by atoms with Gasteiger partial charge in [0.1, 0.15) is 0 Å². The van der Waals surface area contributed by atoms with Gasteiger partial charge in [0, 0.05) is 4.47 Å². The lowest BCUT2D eigenvalue weighted by molar-refractivity contribution is 1.46. The van der Waals surface area contributed by atoms with E-state index in [0.717, 1.165) is 0 Å². The van der Waals surface area contributed by atoms with Gasteiger partial charge >= 0.3 is 0 Å². The first-order valence-electron chi connectivity index (χ1n) is 3.38. The first kappa shape index (κ1) is 10.8. The van der Waals surface area contributed by atoms with Crippen LogP contribution in [0.3, 0.4) is 0 Å². The zero-order chi connectivity index (χ0) is 10.9. The van der Waals surface area contributed by atoms with Gasteiger partial charge in [0.05, 0.1) is 34.1 Å². The van der Waals surface area contributed by atoms with Crippen LogP contribution in [0.2, 0.25) is 0 Å². The van der Waals surface area contributed by atoms with Gasteiger partial charge in [-0.15, -0.1) is 0 Å². The molecule has 1 aromatic carbocycles. The largest absolute Gasteiger partial charge is 0.397 e. The number of nitriles is 1. The van der Waals surface area contributed by atoms with Gasteiger partial charge < -0.3 is 11.5 Å². The van der Waals surface area contributed by atoms with Gasteiger partial charge in [-0.25, -0.2) is 4.85 Å². The second-order valence-electron chi connectivity index (χ2n) is 2.40. The minimum atomic E-state index is 0.172. The predicted octanol–water partition coefficient (Wildman–Crippen LogP) is 2.80. The number of halogens is 2. The van der Waals surface area contributed by atoms with Crippen LogP contribution in [0.25, 0.3) is 4.85 Å². The molecular weight excluding hydrogens is 312 g/mol. The Balaban J connectivity index is 3.79. The summed E-state index contributed by atoms with van der Waals surface area (Å²) in [5.74, 6) is 0. The summed E-state index contributed by atoms with van der Waals surface area (Å²) in [7, 11) is 0. The predicted molar refractivity (Wildman–Crippen MR) is 61.6 cm³/mol. The van der Waals surface area contributed by atoms with Crippen molar-refractivity contribution in [3.05, 3.63) is 25.9 Å². The van der Waals surface area contributed by atoms with Crippen molar-refractivity contribution in [2.45, 2.75) is 0 Å². The molecule has 4 nitrogen and oxygen atoms in total. The van der Waals surface area contributed by atoms with Crippen LogP contribution in [0.15, 0.2) is 8.95 Å². The molecule has 0 unspecified atom stereocenters. The number of hydrogen-bond acceptors (Lipinski definition) is 3. The van der Waals surface area contributed by atoms with E-state index in [1.807, 2.05) is 6.07 Å². The number of nitrogen functional groups attached to an aromatic ring is 2. The maximum atomic E-state index is 8.83. The minimum Gasteiger partial charge on any atom is -0.397 e. The highest BCUT2D eigenvalue weighted by Crippen LogP contribution is 2.43. The van der Waals surface area contributed by atoms with E-state index >= 15 is 0 Å². The Bertz CT molecular complexity index is 437. The fourth-order valence-electron chi connectivity index (χ4n) is 0.919. The van der Waals surface area contributed by atoms with Crippen molar-refractivity contribution in [3.63, 3.8) is 0 Å². The van der Waals surface area contributed by atoms with Gasteiger partial charge in [0.2, 0.25) is 5.69 Å². The average molecular weight is 316 g/mol. The van der Waals surface area contributed by atoms with E-state index in [2.05, 4.69) is 36.7 Å². The summed E-state index contributed by atoms with van der Waals surface area (Å²) in [6.45, 7) is 6.92. The van der Waals surface area contributed by atoms with Gasteiger partial charge in [-0.2, -0.15) is 5.26 Å². The topological polar surface area (TPSA) is 80.2 Å². The molecule has 0 radical (unpaired) electrons. The summed E-state index contributed by atoms with van der Waals surface area (Å²) in [6, 6.07) is 1.90. The van der Waals surface area contributed by atoms with E-state index in [1.54, 1.807) is 0 Å². The first-order chi connectivity index (χ1) is 6.54. The Hall–Kier alpha value is -1.24. The number of nitrogens with zero attached hydrogens (tertiary/aromatic N) is 2. The molecule has 6 heteroatoms. The highest BCUT2D eigenvalue weighted by molar-refractivity contribution is 9.11. The lowest BCUT2D eigenvalue weighted by Crippen LogP contribution is -1.99. The Kier molecular flexibility index (Phi) is 3.00. The molecule has 4 N–H and O–H groups in total. The fraction of sp³-hybridized carbons (Fsp3) is 0. The third-order valence-corrected chi connectivity index (χ3v) is 3.28. The molecule has 0 bridgehead atoms. The molecule has 0 heterocycles. The van der Waals surface area contributed by atoms with Crippen molar-refractivity contribution in [2.75, 3.05) is 11.5 Å². The fourth-order valence-corrected chi connectivity index (χ4v) is 1.91. The molecule has 0 saturated carbocycles. The molecule has 0 aliphatic carbocycles. The molecule has 0 amide bonds. The van der Waals surface area contributed by atoms with E-state index in [0.29, 0.717) is 8.95 Å². The smallest absolute Gasteiger partial charge is 0.221 e. The molecule has 0 saturated heterocycles. The quantitative estimate of drug-likeness (QED) is 0.570. The molecule has 0 aromatic heterocycles. The molecule has 70 valence electrons. The minimum absolute atomic E-state index is 0.172. The van der Waals surface area contributed by atoms with Gasteiger partial charge in [-0.3, -0.25) is 0 Å². The summed E-state index contributed by atoms with van der Waals surface area (Å²) in [6.07, 6.45) is 0.